The second kappa shape index (κ2) is 7.06. The van der Waals surface area contributed by atoms with E-state index in [0.29, 0.717) is 54.0 Å². The Bertz CT molecular complexity index is 843. The first-order chi connectivity index (χ1) is 12.1. The molecule has 0 unspecified atom stereocenters. The molecule has 1 saturated carbocycles. The average Bonchev–Trinajstić information content (AvgIpc) is 3.39. The van der Waals surface area contributed by atoms with Crippen molar-refractivity contribution in [1.29, 1.82) is 0 Å². The number of thioether (sulfide) groups is 1. The van der Waals surface area contributed by atoms with Crippen LogP contribution in [-0.2, 0) is 20.5 Å². The fourth-order valence-electron chi connectivity index (χ4n) is 2.65. The quantitative estimate of drug-likeness (QED) is 0.710. The molecule has 1 aromatic heterocycles. The summed E-state index contributed by atoms with van der Waals surface area (Å²) in [7, 11) is -3.47. The van der Waals surface area contributed by atoms with Gasteiger partial charge >= 0.3 is 0 Å². The summed E-state index contributed by atoms with van der Waals surface area (Å²) in [4.78, 5) is 0.316. The summed E-state index contributed by atoms with van der Waals surface area (Å²) in [5, 5.41) is 8.63. The molecule has 7 nitrogen and oxygen atoms in total. The van der Waals surface area contributed by atoms with Crippen LogP contribution < -0.4 is 0 Å². The molecule has 0 amide bonds. The highest BCUT2D eigenvalue weighted by atomic mass is 32.2. The van der Waals surface area contributed by atoms with Crippen molar-refractivity contribution in [3.8, 4) is 0 Å². The van der Waals surface area contributed by atoms with Gasteiger partial charge in [-0.05, 0) is 30.5 Å². The maximum atomic E-state index is 12.7. The third-order valence-corrected chi connectivity index (χ3v) is 7.00. The van der Waals surface area contributed by atoms with Gasteiger partial charge < -0.3 is 9.15 Å². The summed E-state index contributed by atoms with van der Waals surface area (Å²) >= 11 is 1.43. The van der Waals surface area contributed by atoms with E-state index in [4.69, 9.17) is 9.15 Å². The van der Waals surface area contributed by atoms with Crippen LogP contribution in [0.25, 0.3) is 0 Å². The largest absolute Gasteiger partial charge is 0.416 e. The third-order valence-electron chi connectivity index (χ3n) is 4.22. The molecule has 0 radical (unpaired) electrons. The van der Waals surface area contributed by atoms with E-state index in [1.54, 1.807) is 18.2 Å². The van der Waals surface area contributed by atoms with Crippen molar-refractivity contribution in [3.05, 3.63) is 35.7 Å². The maximum Gasteiger partial charge on any atom is 0.276 e. The van der Waals surface area contributed by atoms with Gasteiger partial charge in [-0.15, -0.1) is 10.2 Å². The van der Waals surface area contributed by atoms with Crippen molar-refractivity contribution in [3.63, 3.8) is 0 Å². The molecule has 2 aromatic rings. The Kier molecular flexibility index (Phi) is 4.81. The summed E-state index contributed by atoms with van der Waals surface area (Å²) in [5.74, 6) is 1.73. The van der Waals surface area contributed by atoms with E-state index >= 15 is 0 Å². The summed E-state index contributed by atoms with van der Waals surface area (Å²) in [6, 6.07) is 7.03. The second-order valence-corrected chi connectivity index (χ2v) is 9.00. The number of hydrogen-bond donors (Lipinski definition) is 0. The number of hydrogen-bond acceptors (Lipinski definition) is 7. The predicted molar refractivity (Wildman–Crippen MR) is 91.9 cm³/mol. The van der Waals surface area contributed by atoms with Gasteiger partial charge in [-0.2, -0.15) is 4.31 Å². The van der Waals surface area contributed by atoms with Gasteiger partial charge in [0.2, 0.25) is 15.9 Å². The minimum absolute atomic E-state index is 0.316. The monoisotopic (exact) mass is 381 g/mol. The summed E-state index contributed by atoms with van der Waals surface area (Å²) < 4.78 is 37.8. The van der Waals surface area contributed by atoms with Crippen LogP contribution in [-0.4, -0.2) is 49.2 Å². The number of benzene rings is 1. The Morgan fingerprint density at radius 1 is 1.20 bits per heavy atom. The van der Waals surface area contributed by atoms with Gasteiger partial charge in [-0.3, -0.25) is 0 Å². The molecule has 1 aromatic carbocycles. The SMILES string of the molecule is O=S(=O)(c1cccc(CSc2nnc(C3CC3)o2)c1)N1CCOCC1. The van der Waals surface area contributed by atoms with Crippen LogP contribution in [0.2, 0.25) is 0 Å². The van der Waals surface area contributed by atoms with Gasteiger partial charge in [0, 0.05) is 24.8 Å². The van der Waals surface area contributed by atoms with E-state index in [1.165, 1.54) is 16.1 Å². The fraction of sp³-hybridized carbons (Fsp3) is 0.500. The molecule has 0 atom stereocenters. The number of morpholine rings is 1. The van der Waals surface area contributed by atoms with Crippen molar-refractivity contribution >= 4 is 21.8 Å². The lowest BCUT2D eigenvalue weighted by molar-refractivity contribution is 0.0730. The predicted octanol–water partition coefficient (Wildman–Crippen LogP) is 2.26. The van der Waals surface area contributed by atoms with Crippen LogP contribution in [0.3, 0.4) is 0 Å². The molecule has 2 fully saturated rings. The molecule has 1 saturated heterocycles. The lowest BCUT2D eigenvalue weighted by Crippen LogP contribution is -2.40. The summed E-state index contributed by atoms with van der Waals surface area (Å²) in [6.45, 7) is 1.67. The molecule has 0 N–H and O–H groups in total. The van der Waals surface area contributed by atoms with E-state index in [1.807, 2.05) is 6.07 Å². The number of aromatic nitrogens is 2. The molecule has 134 valence electrons. The molecule has 9 heteroatoms. The van der Waals surface area contributed by atoms with Crippen LogP contribution in [0.5, 0.6) is 0 Å². The van der Waals surface area contributed by atoms with Crippen LogP contribution in [0.4, 0.5) is 0 Å². The Morgan fingerprint density at radius 3 is 2.76 bits per heavy atom. The Morgan fingerprint density at radius 2 is 2.00 bits per heavy atom. The van der Waals surface area contributed by atoms with Gasteiger partial charge in [0.25, 0.3) is 5.22 Å². The Hall–Kier alpha value is -1.42. The third kappa shape index (κ3) is 3.89. The first-order valence-electron chi connectivity index (χ1n) is 8.26. The zero-order valence-electron chi connectivity index (χ0n) is 13.6. The van der Waals surface area contributed by atoms with Crippen LogP contribution >= 0.6 is 11.8 Å². The standard InChI is InChI=1S/C16H19N3O4S2/c20-25(21,19-6-8-22-9-7-19)14-3-1-2-12(10-14)11-24-16-18-17-15(23-16)13-4-5-13/h1-3,10,13H,4-9,11H2. The Labute approximate surface area is 150 Å². The lowest BCUT2D eigenvalue weighted by Gasteiger charge is -2.26. The topological polar surface area (TPSA) is 85.5 Å². The van der Waals surface area contributed by atoms with Gasteiger partial charge in [-0.25, -0.2) is 8.42 Å². The van der Waals surface area contributed by atoms with E-state index in [9.17, 15) is 8.42 Å². The molecular weight excluding hydrogens is 362 g/mol. The molecular formula is C16H19N3O4S2. The highest BCUT2D eigenvalue weighted by molar-refractivity contribution is 7.98. The van der Waals surface area contributed by atoms with E-state index < -0.39 is 10.0 Å². The van der Waals surface area contributed by atoms with Gasteiger partial charge in [0.05, 0.1) is 18.1 Å². The van der Waals surface area contributed by atoms with Gasteiger partial charge in [0.1, 0.15) is 0 Å². The molecule has 0 spiro atoms. The molecule has 4 rings (SSSR count). The Balaban J connectivity index is 1.44. The highest BCUT2D eigenvalue weighted by Crippen LogP contribution is 2.40. The number of ether oxygens (including phenoxy) is 1. The highest BCUT2D eigenvalue weighted by Gasteiger charge is 2.29. The first-order valence-corrected chi connectivity index (χ1v) is 10.7. The molecule has 2 aliphatic rings. The smallest absolute Gasteiger partial charge is 0.276 e. The van der Waals surface area contributed by atoms with Crippen LogP contribution in [0, 0.1) is 0 Å². The van der Waals surface area contributed by atoms with Crippen molar-refractivity contribution in [2.24, 2.45) is 0 Å². The van der Waals surface area contributed by atoms with Crippen molar-refractivity contribution in [2.45, 2.75) is 34.6 Å². The number of nitrogens with zero attached hydrogens (tertiary/aromatic N) is 3. The minimum atomic E-state index is -3.47. The fourth-order valence-corrected chi connectivity index (χ4v) is 4.84. The average molecular weight is 381 g/mol. The van der Waals surface area contributed by atoms with Crippen LogP contribution in [0.15, 0.2) is 38.8 Å². The molecule has 2 heterocycles. The first kappa shape index (κ1) is 17.0. The van der Waals surface area contributed by atoms with E-state index in [-0.39, 0.29) is 0 Å². The lowest BCUT2D eigenvalue weighted by atomic mass is 10.2. The van der Waals surface area contributed by atoms with Crippen molar-refractivity contribution < 1.29 is 17.6 Å². The van der Waals surface area contributed by atoms with Crippen molar-refractivity contribution in [2.75, 3.05) is 26.3 Å². The minimum Gasteiger partial charge on any atom is -0.416 e. The van der Waals surface area contributed by atoms with Crippen molar-refractivity contribution in [1.82, 2.24) is 14.5 Å². The summed E-state index contributed by atoms with van der Waals surface area (Å²) in [5.41, 5.74) is 0.908. The van der Waals surface area contributed by atoms with E-state index in [2.05, 4.69) is 10.2 Å². The summed E-state index contributed by atoms with van der Waals surface area (Å²) in [6.07, 6.45) is 2.24. The van der Waals surface area contributed by atoms with Gasteiger partial charge in [-0.1, -0.05) is 23.9 Å². The zero-order valence-corrected chi connectivity index (χ0v) is 15.3. The number of rotatable bonds is 6. The molecule has 1 aliphatic heterocycles. The van der Waals surface area contributed by atoms with Crippen LogP contribution in [0.1, 0.15) is 30.2 Å². The molecule has 0 bridgehead atoms. The molecule has 25 heavy (non-hydrogen) atoms. The van der Waals surface area contributed by atoms with Gasteiger partial charge in [0.15, 0.2) is 0 Å². The van der Waals surface area contributed by atoms with E-state index in [0.717, 1.165) is 18.4 Å². The molecule has 1 aliphatic carbocycles. The number of sulfonamides is 1. The normalized spacial score (nSPS) is 19.2. The zero-order chi connectivity index (χ0) is 17.3. The second-order valence-electron chi connectivity index (χ2n) is 6.13. The maximum absolute atomic E-state index is 12.7.